The molecule has 0 atom stereocenters. The number of aromatic amines is 1. The Balaban J connectivity index is 1.76. The maximum absolute atomic E-state index is 14.0. The van der Waals surface area contributed by atoms with Gasteiger partial charge in [-0.3, -0.25) is 9.89 Å². The highest BCUT2D eigenvalue weighted by Crippen LogP contribution is 2.46. The second-order valence-corrected chi connectivity index (χ2v) is 6.64. The van der Waals surface area contributed by atoms with Gasteiger partial charge < -0.3 is 14.8 Å². The average molecular weight is 381 g/mol. The summed E-state index contributed by atoms with van der Waals surface area (Å²) in [5, 5.41) is 10.3. The fourth-order valence-electron chi connectivity index (χ4n) is 3.16. The predicted molar refractivity (Wildman–Crippen MR) is 103 cm³/mol. The topological polar surface area (TPSA) is 76.2 Å². The van der Waals surface area contributed by atoms with E-state index in [0.29, 0.717) is 34.4 Å². The SMILES string of the molecule is COc1ccc(-c2n[nH]c(C3CC3)c2NC(=O)c2ccccc2F)c(OC)c1. The van der Waals surface area contributed by atoms with E-state index in [1.54, 1.807) is 38.5 Å². The molecule has 0 radical (unpaired) electrons. The third-order valence-electron chi connectivity index (χ3n) is 4.80. The molecule has 28 heavy (non-hydrogen) atoms. The van der Waals surface area contributed by atoms with Gasteiger partial charge in [-0.1, -0.05) is 12.1 Å². The number of halogens is 1. The van der Waals surface area contributed by atoms with Gasteiger partial charge in [0.15, 0.2) is 0 Å². The van der Waals surface area contributed by atoms with Crippen molar-refractivity contribution < 1.29 is 18.7 Å². The summed E-state index contributed by atoms with van der Waals surface area (Å²) in [5.74, 6) is 0.432. The van der Waals surface area contributed by atoms with E-state index in [2.05, 4.69) is 15.5 Å². The van der Waals surface area contributed by atoms with E-state index < -0.39 is 11.7 Å². The monoisotopic (exact) mass is 381 g/mol. The summed E-state index contributed by atoms with van der Waals surface area (Å²) < 4.78 is 24.8. The van der Waals surface area contributed by atoms with Crippen molar-refractivity contribution in [1.29, 1.82) is 0 Å². The van der Waals surface area contributed by atoms with E-state index in [1.165, 1.54) is 12.1 Å². The summed E-state index contributed by atoms with van der Waals surface area (Å²) in [6, 6.07) is 11.3. The first-order valence-electron chi connectivity index (χ1n) is 8.99. The van der Waals surface area contributed by atoms with Crippen LogP contribution < -0.4 is 14.8 Å². The normalized spacial score (nSPS) is 13.2. The van der Waals surface area contributed by atoms with E-state index in [9.17, 15) is 9.18 Å². The van der Waals surface area contributed by atoms with Crippen LogP contribution >= 0.6 is 0 Å². The van der Waals surface area contributed by atoms with Crippen LogP contribution in [0.1, 0.15) is 34.8 Å². The van der Waals surface area contributed by atoms with E-state index in [4.69, 9.17) is 9.47 Å². The van der Waals surface area contributed by atoms with Crippen molar-refractivity contribution in [3.63, 3.8) is 0 Å². The summed E-state index contributed by atoms with van der Waals surface area (Å²) in [5.41, 5.74) is 2.64. The van der Waals surface area contributed by atoms with Gasteiger partial charge in [0.05, 0.1) is 31.2 Å². The largest absolute Gasteiger partial charge is 0.497 e. The molecular weight excluding hydrogens is 361 g/mol. The molecule has 1 amide bonds. The first-order valence-corrected chi connectivity index (χ1v) is 8.99. The number of aromatic nitrogens is 2. The zero-order valence-electron chi connectivity index (χ0n) is 15.6. The Labute approximate surface area is 161 Å². The molecule has 0 spiro atoms. The van der Waals surface area contributed by atoms with Crippen LogP contribution in [-0.2, 0) is 0 Å². The molecule has 7 heteroatoms. The number of benzene rings is 2. The number of rotatable bonds is 6. The number of carbonyl (C=O) groups excluding carboxylic acids is 1. The van der Waals surface area contributed by atoms with Gasteiger partial charge in [0, 0.05) is 17.5 Å². The second-order valence-electron chi connectivity index (χ2n) is 6.64. The Kier molecular flexibility index (Phi) is 4.73. The van der Waals surface area contributed by atoms with Crippen LogP contribution in [0, 0.1) is 5.82 Å². The minimum atomic E-state index is -0.569. The lowest BCUT2D eigenvalue weighted by molar-refractivity contribution is 0.102. The Morgan fingerprint density at radius 2 is 1.96 bits per heavy atom. The van der Waals surface area contributed by atoms with Gasteiger partial charge in [-0.15, -0.1) is 0 Å². The number of hydrogen-bond acceptors (Lipinski definition) is 4. The second kappa shape index (κ2) is 7.34. The molecule has 1 aliphatic carbocycles. The van der Waals surface area contributed by atoms with Crippen molar-refractivity contribution in [2.45, 2.75) is 18.8 Å². The Bertz CT molecular complexity index is 1030. The summed E-state index contributed by atoms with van der Waals surface area (Å²) >= 11 is 0. The van der Waals surface area contributed by atoms with Crippen molar-refractivity contribution in [3.8, 4) is 22.8 Å². The van der Waals surface area contributed by atoms with Gasteiger partial charge in [-0.25, -0.2) is 4.39 Å². The zero-order chi connectivity index (χ0) is 19.7. The lowest BCUT2D eigenvalue weighted by Gasteiger charge is -2.12. The molecule has 6 nitrogen and oxygen atoms in total. The molecule has 0 unspecified atom stereocenters. The van der Waals surface area contributed by atoms with Gasteiger partial charge in [0.25, 0.3) is 5.91 Å². The van der Waals surface area contributed by atoms with Crippen LogP contribution in [0.3, 0.4) is 0 Å². The number of H-pyrrole nitrogens is 1. The maximum Gasteiger partial charge on any atom is 0.258 e. The molecular formula is C21H20FN3O3. The van der Waals surface area contributed by atoms with Gasteiger partial charge in [0.1, 0.15) is 23.0 Å². The molecule has 144 valence electrons. The summed E-state index contributed by atoms with van der Waals surface area (Å²) in [7, 11) is 3.14. The number of nitrogens with one attached hydrogen (secondary N) is 2. The minimum absolute atomic E-state index is 0.0157. The number of methoxy groups -OCH3 is 2. The molecule has 0 bridgehead atoms. The van der Waals surface area contributed by atoms with Gasteiger partial charge in [0.2, 0.25) is 0 Å². The van der Waals surface area contributed by atoms with Crippen molar-refractivity contribution in [1.82, 2.24) is 10.2 Å². The van der Waals surface area contributed by atoms with E-state index in [-0.39, 0.29) is 5.56 Å². The molecule has 1 fully saturated rings. The summed E-state index contributed by atoms with van der Waals surface area (Å²) in [6.45, 7) is 0. The van der Waals surface area contributed by atoms with Crippen LogP contribution in [0.5, 0.6) is 11.5 Å². The highest BCUT2D eigenvalue weighted by atomic mass is 19.1. The lowest BCUT2D eigenvalue weighted by Crippen LogP contribution is -2.15. The smallest absolute Gasteiger partial charge is 0.258 e. The number of carbonyl (C=O) groups is 1. The van der Waals surface area contributed by atoms with Crippen molar-refractivity contribution in [2.75, 3.05) is 19.5 Å². The molecule has 1 saturated carbocycles. The quantitative estimate of drug-likeness (QED) is 0.665. The van der Waals surface area contributed by atoms with Gasteiger partial charge in [-0.2, -0.15) is 5.10 Å². The number of hydrogen-bond donors (Lipinski definition) is 2. The number of amides is 1. The fourth-order valence-corrected chi connectivity index (χ4v) is 3.16. The molecule has 0 saturated heterocycles. The average Bonchev–Trinajstić information content (AvgIpc) is 3.48. The van der Waals surface area contributed by atoms with E-state index in [1.807, 2.05) is 6.07 Å². The van der Waals surface area contributed by atoms with Crippen molar-refractivity contribution in [3.05, 3.63) is 59.5 Å². The van der Waals surface area contributed by atoms with E-state index in [0.717, 1.165) is 18.5 Å². The molecule has 2 N–H and O–H groups in total. The highest BCUT2D eigenvalue weighted by molar-refractivity contribution is 6.06. The highest BCUT2D eigenvalue weighted by Gasteiger charge is 2.32. The number of anilines is 1. The predicted octanol–water partition coefficient (Wildman–Crippen LogP) is 4.36. The molecule has 2 aromatic carbocycles. The standard InChI is InChI=1S/C21H20FN3O3/c1-27-13-9-10-15(17(11-13)28-2)19-20(18(24-25-19)12-7-8-12)23-21(26)14-5-3-4-6-16(14)22/h3-6,9-12H,7-8H2,1-2H3,(H,23,26)(H,24,25). The third kappa shape index (κ3) is 3.31. The van der Waals surface area contributed by atoms with Crippen LogP contribution in [0.4, 0.5) is 10.1 Å². The van der Waals surface area contributed by atoms with Crippen LogP contribution in [0.15, 0.2) is 42.5 Å². The number of nitrogens with zero attached hydrogens (tertiary/aromatic N) is 1. The molecule has 4 rings (SSSR count). The Morgan fingerprint density at radius 1 is 1.18 bits per heavy atom. The molecule has 1 heterocycles. The first-order chi connectivity index (χ1) is 13.6. The first kappa shape index (κ1) is 18.0. The minimum Gasteiger partial charge on any atom is -0.497 e. The van der Waals surface area contributed by atoms with E-state index >= 15 is 0 Å². The maximum atomic E-state index is 14.0. The summed E-state index contributed by atoms with van der Waals surface area (Å²) in [4.78, 5) is 12.7. The molecule has 1 aliphatic rings. The molecule has 0 aliphatic heterocycles. The van der Waals surface area contributed by atoms with Gasteiger partial charge in [-0.05, 0) is 37.1 Å². The Hall–Kier alpha value is -3.35. The molecule has 1 aromatic heterocycles. The lowest BCUT2D eigenvalue weighted by atomic mass is 10.1. The van der Waals surface area contributed by atoms with Gasteiger partial charge >= 0.3 is 0 Å². The molecule has 3 aromatic rings. The van der Waals surface area contributed by atoms with Crippen LogP contribution in [-0.4, -0.2) is 30.3 Å². The fraction of sp³-hybridized carbons (Fsp3) is 0.238. The summed E-state index contributed by atoms with van der Waals surface area (Å²) in [6.07, 6.45) is 2.04. The van der Waals surface area contributed by atoms with Crippen molar-refractivity contribution in [2.24, 2.45) is 0 Å². The van der Waals surface area contributed by atoms with Crippen LogP contribution in [0.25, 0.3) is 11.3 Å². The zero-order valence-corrected chi connectivity index (χ0v) is 15.6. The van der Waals surface area contributed by atoms with Crippen molar-refractivity contribution >= 4 is 11.6 Å². The van der Waals surface area contributed by atoms with Crippen LogP contribution in [0.2, 0.25) is 0 Å². The number of ether oxygens (including phenoxy) is 2. The Morgan fingerprint density at radius 3 is 2.64 bits per heavy atom. The third-order valence-corrected chi connectivity index (χ3v) is 4.80.